The molecule has 0 aliphatic carbocycles. The summed E-state index contributed by atoms with van der Waals surface area (Å²) in [7, 11) is -1.03. The standard InChI is InChI=1S/C6H15NO2S/c1-4-10(8,9)5-6(2)7-3/h6-7H,4-5H2,1-3H3/t6-/m1/s1. The van der Waals surface area contributed by atoms with Gasteiger partial charge in [0.25, 0.3) is 0 Å². The highest BCUT2D eigenvalue weighted by Gasteiger charge is 2.10. The predicted molar refractivity (Wildman–Crippen MR) is 42.8 cm³/mol. The molecule has 0 saturated carbocycles. The average Bonchev–Trinajstić information content (AvgIpc) is 1.87. The van der Waals surface area contributed by atoms with Crippen molar-refractivity contribution >= 4 is 9.84 Å². The Morgan fingerprint density at radius 2 is 2.00 bits per heavy atom. The predicted octanol–water partition coefficient (Wildman–Crippen LogP) is 0.0290. The van der Waals surface area contributed by atoms with Gasteiger partial charge in [0.15, 0.2) is 9.84 Å². The highest BCUT2D eigenvalue weighted by molar-refractivity contribution is 7.91. The SMILES string of the molecule is CCS(=O)(=O)C[C@@H](C)NC. The van der Waals surface area contributed by atoms with E-state index in [0.717, 1.165) is 0 Å². The number of nitrogens with one attached hydrogen (secondary N) is 1. The minimum Gasteiger partial charge on any atom is -0.316 e. The van der Waals surface area contributed by atoms with E-state index >= 15 is 0 Å². The van der Waals surface area contributed by atoms with Gasteiger partial charge in [-0.3, -0.25) is 0 Å². The van der Waals surface area contributed by atoms with Crippen molar-refractivity contribution in [3.63, 3.8) is 0 Å². The molecule has 0 radical (unpaired) electrons. The first-order valence-corrected chi connectivity index (χ1v) is 5.21. The Hall–Kier alpha value is -0.0900. The van der Waals surface area contributed by atoms with Crippen molar-refractivity contribution in [3.05, 3.63) is 0 Å². The molecule has 0 aliphatic heterocycles. The van der Waals surface area contributed by atoms with Crippen molar-refractivity contribution in [3.8, 4) is 0 Å². The molecule has 0 heterocycles. The normalized spacial score (nSPS) is 15.1. The molecule has 10 heavy (non-hydrogen) atoms. The fraction of sp³-hybridized carbons (Fsp3) is 1.00. The van der Waals surface area contributed by atoms with Gasteiger partial charge >= 0.3 is 0 Å². The van der Waals surface area contributed by atoms with Gasteiger partial charge in [0.05, 0.1) is 5.75 Å². The second kappa shape index (κ2) is 3.93. The molecule has 0 spiro atoms. The molecular formula is C6H15NO2S. The van der Waals surface area contributed by atoms with Crippen LogP contribution >= 0.6 is 0 Å². The van der Waals surface area contributed by atoms with Gasteiger partial charge in [-0.05, 0) is 14.0 Å². The van der Waals surface area contributed by atoms with Crippen LogP contribution in [0.4, 0.5) is 0 Å². The fourth-order valence-corrected chi connectivity index (χ4v) is 1.75. The van der Waals surface area contributed by atoms with Crippen LogP contribution in [0.1, 0.15) is 13.8 Å². The third kappa shape index (κ3) is 3.85. The van der Waals surface area contributed by atoms with E-state index in [9.17, 15) is 8.42 Å². The molecule has 0 unspecified atom stereocenters. The zero-order valence-corrected chi connectivity index (χ0v) is 7.53. The number of sulfone groups is 1. The van der Waals surface area contributed by atoms with Gasteiger partial charge in [0.1, 0.15) is 0 Å². The quantitative estimate of drug-likeness (QED) is 0.639. The first kappa shape index (κ1) is 9.91. The molecule has 3 nitrogen and oxygen atoms in total. The lowest BCUT2D eigenvalue weighted by atomic mass is 10.4. The molecule has 0 bridgehead atoms. The summed E-state index contributed by atoms with van der Waals surface area (Å²) >= 11 is 0. The van der Waals surface area contributed by atoms with Crippen LogP contribution in [0.25, 0.3) is 0 Å². The fourth-order valence-electron chi connectivity index (χ4n) is 0.582. The van der Waals surface area contributed by atoms with Gasteiger partial charge in [-0.2, -0.15) is 0 Å². The smallest absolute Gasteiger partial charge is 0.151 e. The van der Waals surface area contributed by atoms with Gasteiger partial charge < -0.3 is 5.32 Å². The van der Waals surface area contributed by atoms with E-state index in [2.05, 4.69) is 5.32 Å². The lowest BCUT2D eigenvalue weighted by Gasteiger charge is -2.08. The van der Waals surface area contributed by atoms with Crippen LogP contribution in [0.5, 0.6) is 0 Å². The van der Waals surface area contributed by atoms with Crippen molar-refractivity contribution < 1.29 is 8.42 Å². The van der Waals surface area contributed by atoms with E-state index in [1.165, 1.54) is 0 Å². The Bertz CT molecular complexity index is 174. The summed E-state index contributed by atoms with van der Waals surface area (Å²) in [6.07, 6.45) is 0. The summed E-state index contributed by atoms with van der Waals surface area (Å²) in [6.45, 7) is 3.52. The second-order valence-corrected chi connectivity index (χ2v) is 4.79. The second-order valence-electron chi connectivity index (χ2n) is 2.39. The van der Waals surface area contributed by atoms with Gasteiger partial charge in [-0.1, -0.05) is 6.92 Å². The van der Waals surface area contributed by atoms with Crippen molar-refractivity contribution in [2.24, 2.45) is 0 Å². The van der Waals surface area contributed by atoms with Gasteiger partial charge in [-0.15, -0.1) is 0 Å². The summed E-state index contributed by atoms with van der Waals surface area (Å²) < 4.78 is 21.9. The van der Waals surface area contributed by atoms with E-state index in [0.29, 0.717) is 0 Å². The van der Waals surface area contributed by atoms with Crippen molar-refractivity contribution in [2.75, 3.05) is 18.6 Å². The van der Waals surface area contributed by atoms with Crippen LogP contribution in [0.3, 0.4) is 0 Å². The van der Waals surface area contributed by atoms with Gasteiger partial charge in [0.2, 0.25) is 0 Å². The lowest BCUT2D eigenvalue weighted by Crippen LogP contribution is -2.30. The molecule has 4 heteroatoms. The summed E-state index contributed by atoms with van der Waals surface area (Å²) in [5, 5.41) is 2.88. The molecule has 0 aliphatic rings. The molecule has 0 aromatic rings. The molecule has 0 saturated heterocycles. The van der Waals surface area contributed by atoms with Gasteiger partial charge in [-0.25, -0.2) is 8.42 Å². The van der Waals surface area contributed by atoms with Crippen LogP contribution in [0.15, 0.2) is 0 Å². The monoisotopic (exact) mass is 165 g/mol. The van der Waals surface area contributed by atoms with E-state index in [4.69, 9.17) is 0 Å². The number of hydrogen-bond donors (Lipinski definition) is 1. The first-order chi connectivity index (χ1) is 4.52. The molecular weight excluding hydrogens is 150 g/mol. The van der Waals surface area contributed by atoms with Crippen molar-refractivity contribution in [1.82, 2.24) is 5.32 Å². The van der Waals surface area contributed by atoms with Crippen LogP contribution in [0.2, 0.25) is 0 Å². The minimum atomic E-state index is -2.79. The van der Waals surface area contributed by atoms with E-state index in [-0.39, 0.29) is 17.5 Å². The summed E-state index contributed by atoms with van der Waals surface area (Å²) in [6, 6.07) is 0.0601. The van der Waals surface area contributed by atoms with Crippen LogP contribution in [-0.4, -0.2) is 33.0 Å². The van der Waals surface area contributed by atoms with Gasteiger partial charge in [0, 0.05) is 11.8 Å². The Labute approximate surface area is 62.7 Å². The third-order valence-corrected chi connectivity index (χ3v) is 3.32. The molecule has 0 aromatic carbocycles. The Kier molecular flexibility index (Phi) is 3.89. The highest BCUT2D eigenvalue weighted by Crippen LogP contribution is 1.92. The molecule has 0 rings (SSSR count). The molecule has 1 atom stereocenters. The third-order valence-electron chi connectivity index (χ3n) is 1.44. The molecule has 62 valence electrons. The zero-order chi connectivity index (χ0) is 8.20. The maximum absolute atomic E-state index is 10.9. The Balaban J connectivity index is 3.90. The van der Waals surface area contributed by atoms with E-state index < -0.39 is 9.84 Å². The average molecular weight is 165 g/mol. The maximum atomic E-state index is 10.9. The molecule has 0 aromatic heterocycles. The van der Waals surface area contributed by atoms with Crippen LogP contribution in [-0.2, 0) is 9.84 Å². The van der Waals surface area contributed by atoms with Crippen molar-refractivity contribution in [1.29, 1.82) is 0 Å². The largest absolute Gasteiger partial charge is 0.316 e. The minimum absolute atomic E-state index is 0.0601. The van der Waals surface area contributed by atoms with Crippen LogP contribution in [0, 0.1) is 0 Å². The number of rotatable bonds is 4. The van der Waals surface area contributed by atoms with E-state index in [1.54, 1.807) is 14.0 Å². The van der Waals surface area contributed by atoms with Crippen LogP contribution < -0.4 is 5.32 Å². The Morgan fingerprint density at radius 1 is 1.50 bits per heavy atom. The topological polar surface area (TPSA) is 46.2 Å². The summed E-state index contributed by atoms with van der Waals surface area (Å²) in [5.74, 6) is 0.471. The lowest BCUT2D eigenvalue weighted by molar-refractivity contribution is 0.579. The highest BCUT2D eigenvalue weighted by atomic mass is 32.2. The molecule has 0 fully saturated rings. The Morgan fingerprint density at radius 3 is 2.30 bits per heavy atom. The maximum Gasteiger partial charge on any atom is 0.151 e. The molecule has 0 amide bonds. The zero-order valence-electron chi connectivity index (χ0n) is 6.72. The van der Waals surface area contributed by atoms with E-state index in [1.807, 2.05) is 6.92 Å². The number of hydrogen-bond acceptors (Lipinski definition) is 3. The summed E-state index contributed by atoms with van der Waals surface area (Å²) in [4.78, 5) is 0. The van der Waals surface area contributed by atoms with Crippen molar-refractivity contribution in [2.45, 2.75) is 19.9 Å². The summed E-state index contributed by atoms with van der Waals surface area (Å²) in [5.41, 5.74) is 0. The first-order valence-electron chi connectivity index (χ1n) is 3.39. The molecule has 1 N–H and O–H groups in total.